The molecule has 0 saturated carbocycles. The Labute approximate surface area is 112 Å². The summed E-state index contributed by atoms with van der Waals surface area (Å²) >= 11 is 0. The summed E-state index contributed by atoms with van der Waals surface area (Å²) in [5.74, 6) is 0. The molecular weight excluding hydrogens is 220 g/mol. The lowest BCUT2D eigenvalue weighted by atomic mass is 9.87. The number of aryl methyl sites for hydroxylation is 1. The average Bonchev–Trinajstić information content (AvgIpc) is 2.29. The van der Waals surface area contributed by atoms with Gasteiger partial charge >= 0.3 is 0 Å². The molecule has 102 valence electrons. The molecule has 0 aliphatic heterocycles. The Morgan fingerprint density at radius 2 is 1.89 bits per heavy atom. The number of rotatable bonds is 4. The molecule has 1 rings (SSSR count). The first kappa shape index (κ1) is 15.2. The molecule has 0 fully saturated rings. The molecule has 1 atom stereocenters. The number of hydrogen-bond acceptors (Lipinski definition) is 2. The van der Waals surface area contributed by atoms with Gasteiger partial charge in [-0.1, -0.05) is 39.0 Å². The molecule has 2 N–H and O–H groups in total. The van der Waals surface area contributed by atoms with Crippen LogP contribution in [0.2, 0.25) is 0 Å². The largest absolute Gasteiger partial charge is 0.326 e. The maximum Gasteiger partial charge on any atom is 0.0236 e. The smallest absolute Gasteiger partial charge is 0.0236 e. The second-order valence-corrected chi connectivity index (χ2v) is 6.42. The molecule has 18 heavy (non-hydrogen) atoms. The Hall–Kier alpha value is -0.860. The van der Waals surface area contributed by atoms with E-state index in [-0.39, 0.29) is 0 Å². The van der Waals surface area contributed by atoms with Gasteiger partial charge in [-0.2, -0.15) is 0 Å². The molecule has 0 spiro atoms. The van der Waals surface area contributed by atoms with Gasteiger partial charge in [-0.3, -0.25) is 4.90 Å². The molecule has 0 radical (unpaired) electrons. The van der Waals surface area contributed by atoms with E-state index in [4.69, 9.17) is 5.73 Å². The number of nitrogens with two attached hydrogens (primary N) is 1. The maximum absolute atomic E-state index is 5.66. The van der Waals surface area contributed by atoms with E-state index in [0.717, 1.165) is 6.54 Å². The third-order valence-electron chi connectivity index (χ3n) is 3.98. The van der Waals surface area contributed by atoms with Crippen LogP contribution in [-0.2, 0) is 13.1 Å². The zero-order chi connectivity index (χ0) is 13.9. The minimum atomic E-state index is 0.305. The number of nitrogens with zero attached hydrogens (tertiary/aromatic N) is 1. The fraction of sp³-hybridized carbons (Fsp3) is 0.625. The van der Waals surface area contributed by atoms with Gasteiger partial charge in [0.15, 0.2) is 0 Å². The Morgan fingerprint density at radius 1 is 1.28 bits per heavy atom. The first-order chi connectivity index (χ1) is 8.25. The summed E-state index contributed by atoms with van der Waals surface area (Å²) in [4.78, 5) is 2.42. The monoisotopic (exact) mass is 248 g/mol. The maximum atomic E-state index is 5.66. The van der Waals surface area contributed by atoms with Crippen LogP contribution in [0.4, 0.5) is 0 Å². The molecule has 1 unspecified atom stereocenters. The van der Waals surface area contributed by atoms with Gasteiger partial charge in [0.1, 0.15) is 0 Å². The zero-order valence-corrected chi connectivity index (χ0v) is 12.7. The molecule has 2 nitrogen and oxygen atoms in total. The SMILES string of the molecule is Cc1cc(CN)ccc1CN(C)C(C)C(C)(C)C. The van der Waals surface area contributed by atoms with Gasteiger partial charge in [0.2, 0.25) is 0 Å². The summed E-state index contributed by atoms with van der Waals surface area (Å²) < 4.78 is 0. The van der Waals surface area contributed by atoms with Gasteiger partial charge in [-0.15, -0.1) is 0 Å². The van der Waals surface area contributed by atoms with E-state index in [1.54, 1.807) is 0 Å². The summed E-state index contributed by atoms with van der Waals surface area (Å²) in [7, 11) is 2.20. The minimum absolute atomic E-state index is 0.305. The standard InChI is InChI=1S/C16H28N2/c1-12-9-14(10-17)7-8-15(12)11-18(6)13(2)16(3,4)5/h7-9,13H,10-11,17H2,1-6H3. The third kappa shape index (κ3) is 3.82. The second-order valence-electron chi connectivity index (χ2n) is 6.42. The van der Waals surface area contributed by atoms with Crippen LogP contribution in [0.15, 0.2) is 18.2 Å². The van der Waals surface area contributed by atoms with Crippen molar-refractivity contribution in [2.24, 2.45) is 11.1 Å². The predicted molar refractivity (Wildman–Crippen MR) is 79.5 cm³/mol. The van der Waals surface area contributed by atoms with Crippen LogP contribution < -0.4 is 5.73 Å². The van der Waals surface area contributed by atoms with E-state index >= 15 is 0 Å². The summed E-state index contributed by atoms with van der Waals surface area (Å²) in [6.45, 7) is 13.0. The van der Waals surface area contributed by atoms with Crippen molar-refractivity contribution < 1.29 is 0 Å². The minimum Gasteiger partial charge on any atom is -0.326 e. The van der Waals surface area contributed by atoms with Gasteiger partial charge in [0.25, 0.3) is 0 Å². The fourth-order valence-electron chi connectivity index (χ4n) is 2.13. The lowest BCUT2D eigenvalue weighted by Gasteiger charge is -2.35. The Morgan fingerprint density at radius 3 is 2.33 bits per heavy atom. The number of hydrogen-bond donors (Lipinski definition) is 1. The van der Waals surface area contributed by atoms with E-state index in [1.165, 1.54) is 16.7 Å². The summed E-state index contributed by atoms with van der Waals surface area (Å²) in [5.41, 5.74) is 9.91. The van der Waals surface area contributed by atoms with Crippen molar-refractivity contribution >= 4 is 0 Å². The van der Waals surface area contributed by atoms with Crippen molar-refractivity contribution in [3.05, 3.63) is 34.9 Å². The highest BCUT2D eigenvalue weighted by atomic mass is 15.1. The van der Waals surface area contributed by atoms with E-state index in [2.05, 4.69) is 64.8 Å². The van der Waals surface area contributed by atoms with Crippen molar-refractivity contribution in [1.29, 1.82) is 0 Å². The summed E-state index contributed by atoms with van der Waals surface area (Å²) in [6.07, 6.45) is 0. The first-order valence-corrected chi connectivity index (χ1v) is 6.74. The van der Waals surface area contributed by atoms with Crippen LogP contribution in [0.5, 0.6) is 0 Å². The molecule has 0 amide bonds. The van der Waals surface area contributed by atoms with Crippen molar-refractivity contribution in [2.75, 3.05) is 7.05 Å². The Bertz CT molecular complexity index is 391. The molecule has 0 aromatic heterocycles. The lowest BCUT2D eigenvalue weighted by Crippen LogP contribution is -2.38. The quantitative estimate of drug-likeness (QED) is 0.885. The van der Waals surface area contributed by atoms with Crippen LogP contribution in [0, 0.1) is 12.3 Å². The van der Waals surface area contributed by atoms with E-state index < -0.39 is 0 Å². The van der Waals surface area contributed by atoms with E-state index in [9.17, 15) is 0 Å². The molecule has 0 aliphatic rings. The molecule has 1 aromatic rings. The lowest BCUT2D eigenvalue weighted by molar-refractivity contribution is 0.134. The van der Waals surface area contributed by atoms with Crippen LogP contribution in [0.25, 0.3) is 0 Å². The van der Waals surface area contributed by atoms with Crippen LogP contribution in [-0.4, -0.2) is 18.0 Å². The van der Waals surface area contributed by atoms with Gasteiger partial charge in [0, 0.05) is 19.1 Å². The van der Waals surface area contributed by atoms with Crippen molar-refractivity contribution in [3.8, 4) is 0 Å². The molecule has 0 bridgehead atoms. The first-order valence-electron chi connectivity index (χ1n) is 6.74. The summed E-state index contributed by atoms with van der Waals surface area (Å²) in [6, 6.07) is 7.10. The van der Waals surface area contributed by atoms with Gasteiger partial charge in [-0.05, 0) is 43.0 Å². The van der Waals surface area contributed by atoms with Crippen LogP contribution in [0.1, 0.15) is 44.4 Å². The highest BCUT2D eigenvalue weighted by molar-refractivity contribution is 5.31. The highest BCUT2D eigenvalue weighted by Gasteiger charge is 2.23. The number of benzene rings is 1. The molecule has 0 heterocycles. The summed E-state index contributed by atoms with van der Waals surface area (Å²) in [5, 5.41) is 0. The second kappa shape index (κ2) is 5.85. The van der Waals surface area contributed by atoms with Crippen molar-refractivity contribution in [1.82, 2.24) is 4.90 Å². The van der Waals surface area contributed by atoms with Gasteiger partial charge < -0.3 is 5.73 Å². The normalized spacial score (nSPS) is 14.0. The molecule has 0 saturated heterocycles. The molecule has 1 aromatic carbocycles. The predicted octanol–water partition coefficient (Wildman–Crippen LogP) is 3.32. The Balaban J connectivity index is 2.79. The molecule has 0 aliphatic carbocycles. The van der Waals surface area contributed by atoms with E-state index in [0.29, 0.717) is 18.0 Å². The highest BCUT2D eigenvalue weighted by Crippen LogP contribution is 2.24. The van der Waals surface area contributed by atoms with E-state index in [1.807, 2.05) is 0 Å². The van der Waals surface area contributed by atoms with Gasteiger partial charge in [0.05, 0.1) is 0 Å². The van der Waals surface area contributed by atoms with Gasteiger partial charge in [-0.25, -0.2) is 0 Å². The fourth-order valence-corrected chi connectivity index (χ4v) is 2.13. The van der Waals surface area contributed by atoms with Crippen LogP contribution >= 0.6 is 0 Å². The Kier molecular flexibility index (Phi) is 4.94. The van der Waals surface area contributed by atoms with Crippen LogP contribution in [0.3, 0.4) is 0 Å². The van der Waals surface area contributed by atoms with Crippen molar-refractivity contribution in [3.63, 3.8) is 0 Å². The zero-order valence-electron chi connectivity index (χ0n) is 12.7. The topological polar surface area (TPSA) is 29.3 Å². The van der Waals surface area contributed by atoms with Crippen molar-refractivity contribution in [2.45, 2.75) is 53.8 Å². The average molecular weight is 248 g/mol. The molecular formula is C16H28N2. The third-order valence-corrected chi connectivity index (χ3v) is 3.98. The molecule has 2 heteroatoms.